The highest BCUT2D eigenvalue weighted by Crippen LogP contribution is 2.26. The van der Waals surface area contributed by atoms with Crippen LogP contribution in [0.3, 0.4) is 0 Å². The summed E-state index contributed by atoms with van der Waals surface area (Å²) < 4.78 is 45.0. The van der Waals surface area contributed by atoms with Gasteiger partial charge in [0.2, 0.25) is 0 Å². The highest BCUT2D eigenvalue weighted by atomic mass is 32.2. The van der Waals surface area contributed by atoms with E-state index < -0.39 is 22.5 Å². The number of rotatable bonds is 4. The summed E-state index contributed by atoms with van der Waals surface area (Å²) in [6, 6.07) is 3.58. The highest BCUT2D eigenvalue weighted by Gasteiger charge is 2.02. The number of benzene rings is 1. The van der Waals surface area contributed by atoms with E-state index in [0.717, 1.165) is 12.1 Å². The second-order valence-corrected chi connectivity index (χ2v) is 3.75. The van der Waals surface area contributed by atoms with E-state index in [0.29, 0.717) is 0 Å². The third-order valence-electron chi connectivity index (χ3n) is 1.39. The van der Waals surface area contributed by atoms with Gasteiger partial charge < -0.3 is 23.7 Å². The van der Waals surface area contributed by atoms with Gasteiger partial charge in [0.25, 0.3) is 0 Å². The summed E-state index contributed by atoms with van der Waals surface area (Å²) >= 11 is -5.10. The number of aromatic hydroxyl groups is 1. The van der Waals surface area contributed by atoms with Crippen molar-refractivity contribution in [2.24, 2.45) is 0 Å². The van der Waals surface area contributed by atoms with Gasteiger partial charge in [-0.25, -0.2) is 0 Å². The van der Waals surface area contributed by atoms with Crippen LogP contribution in [0.5, 0.6) is 5.75 Å². The molecule has 0 spiro atoms. The molecule has 0 fully saturated rings. The number of hydrogen-bond acceptors (Lipinski definition) is 5. The lowest BCUT2D eigenvalue weighted by Gasteiger charge is -2.13. The van der Waals surface area contributed by atoms with Crippen molar-refractivity contribution in [1.82, 2.24) is 0 Å². The molecule has 1 aromatic rings. The molecule has 0 amide bonds. The second kappa shape index (κ2) is 5.07. The molecular formula is C6H6N2O5S2-2. The number of hydrogen-bond donors (Lipinski definition) is 3. The first kappa shape index (κ1) is 11.9. The van der Waals surface area contributed by atoms with Gasteiger partial charge in [0, 0.05) is 28.2 Å². The molecule has 3 N–H and O–H groups in total. The van der Waals surface area contributed by atoms with Crippen molar-refractivity contribution in [1.29, 1.82) is 0 Å². The minimum atomic E-state index is -2.59. The molecule has 0 aliphatic carbocycles. The second-order valence-electron chi connectivity index (χ2n) is 2.41. The Hall–Kier alpha value is -1.16. The standard InChI is InChI=1S/C6H8N2O5S2/c9-6-2-1-4(7-14(10)11)3-5(6)8-15(12)13/h1-3,7-9H,(H,10,11)(H,12,13)/p-2. The smallest absolute Gasteiger partial charge is 0.139 e. The fourth-order valence-corrected chi connectivity index (χ4v) is 1.53. The molecule has 15 heavy (non-hydrogen) atoms. The van der Waals surface area contributed by atoms with Gasteiger partial charge in [-0.2, -0.15) is 0 Å². The topological polar surface area (TPSA) is 125 Å². The summed E-state index contributed by atoms with van der Waals surface area (Å²) in [5, 5.41) is 9.20. The molecule has 1 aromatic carbocycles. The summed E-state index contributed by atoms with van der Waals surface area (Å²) in [5.74, 6) is -0.304. The Bertz CT molecular complexity index is 411. The van der Waals surface area contributed by atoms with Crippen molar-refractivity contribution in [3.63, 3.8) is 0 Å². The molecule has 9 heteroatoms. The minimum Gasteiger partial charge on any atom is -0.755 e. The number of phenols is 1. The Labute approximate surface area is 90.4 Å². The molecule has 84 valence electrons. The first-order chi connectivity index (χ1) is 6.99. The predicted molar refractivity (Wildman–Crippen MR) is 53.2 cm³/mol. The van der Waals surface area contributed by atoms with Crippen molar-refractivity contribution in [3.05, 3.63) is 18.2 Å². The average Bonchev–Trinajstić information content (AvgIpc) is 2.09. The van der Waals surface area contributed by atoms with Gasteiger partial charge in [-0.3, -0.25) is 8.42 Å². The van der Waals surface area contributed by atoms with Gasteiger partial charge in [0.05, 0.1) is 5.69 Å². The van der Waals surface area contributed by atoms with Crippen LogP contribution in [0.4, 0.5) is 11.4 Å². The minimum absolute atomic E-state index is 0.112. The molecule has 0 aliphatic heterocycles. The van der Waals surface area contributed by atoms with E-state index in [1.54, 1.807) is 0 Å². The largest absolute Gasteiger partial charge is 0.755 e. The third-order valence-corrected chi connectivity index (χ3v) is 2.18. The summed E-state index contributed by atoms with van der Waals surface area (Å²) in [5.41, 5.74) is 0.0212. The fraction of sp³-hybridized carbons (Fsp3) is 0. The molecule has 0 aromatic heterocycles. The zero-order valence-corrected chi connectivity index (χ0v) is 8.76. The van der Waals surface area contributed by atoms with Crippen LogP contribution in [0.2, 0.25) is 0 Å². The lowest BCUT2D eigenvalue weighted by molar-refractivity contribution is 0.477. The lowest BCUT2D eigenvalue weighted by Crippen LogP contribution is -2.05. The normalized spacial score (nSPS) is 14.3. The van der Waals surface area contributed by atoms with Crippen LogP contribution in [0.25, 0.3) is 0 Å². The van der Waals surface area contributed by atoms with E-state index in [-0.39, 0.29) is 17.1 Å². The first-order valence-corrected chi connectivity index (χ1v) is 5.69. The van der Waals surface area contributed by atoms with Gasteiger partial charge in [-0.15, -0.1) is 0 Å². The Balaban J connectivity index is 2.94. The average molecular weight is 250 g/mol. The molecule has 0 aliphatic rings. The number of phenolic OH excluding ortho intramolecular Hbond substituents is 1. The van der Waals surface area contributed by atoms with E-state index >= 15 is 0 Å². The Morgan fingerprint density at radius 1 is 1.13 bits per heavy atom. The molecule has 1 rings (SSSR count). The van der Waals surface area contributed by atoms with Gasteiger partial charge >= 0.3 is 0 Å². The molecule has 2 atom stereocenters. The maximum atomic E-state index is 10.3. The van der Waals surface area contributed by atoms with Gasteiger partial charge in [-0.05, 0) is 18.2 Å². The Kier molecular flexibility index (Phi) is 4.03. The van der Waals surface area contributed by atoms with Crippen LogP contribution in [0, 0.1) is 0 Å². The molecule has 0 saturated carbocycles. The van der Waals surface area contributed by atoms with E-state index in [2.05, 4.69) is 0 Å². The zero-order valence-electron chi connectivity index (χ0n) is 7.13. The Morgan fingerprint density at radius 2 is 1.73 bits per heavy atom. The molecule has 7 nitrogen and oxygen atoms in total. The van der Waals surface area contributed by atoms with Crippen LogP contribution in [-0.2, 0) is 22.5 Å². The van der Waals surface area contributed by atoms with Crippen molar-refractivity contribution >= 4 is 33.9 Å². The van der Waals surface area contributed by atoms with Crippen LogP contribution in [0.15, 0.2) is 18.2 Å². The highest BCUT2D eigenvalue weighted by molar-refractivity contribution is 7.80. The number of nitrogens with one attached hydrogen (secondary N) is 2. The van der Waals surface area contributed by atoms with E-state index in [9.17, 15) is 22.6 Å². The van der Waals surface area contributed by atoms with E-state index in [1.807, 2.05) is 9.44 Å². The van der Waals surface area contributed by atoms with Gasteiger partial charge in [0.1, 0.15) is 5.75 Å². The van der Waals surface area contributed by atoms with Crippen molar-refractivity contribution in [3.8, 4) is 5.75 Å². The predicted octanol–water partition coefficient (Wildman–Crippen LogP) is -0.196. The summed E-state index contributed by atoms with van der Waals surface area (Å²) in [6.07, 6.45) is 0. The van der Waals surface area contributed by atoms with Crippen molar-refractivity contribution in [2.75, 3.05) is 9.44 Å². The van der Waals surface area contributed by atoms with Crippen molar-refractivity contribution < 1.29 is 22.6 Å². The lowest BCUT2D eigenvalue weighted by atomic mass is 10.3. The molecule has 0 saturated heterocycles. The summed E-state index contributed by atoms with van der Waals surface area (Å²) in [4.78, 5) is 0. The fourth-order valence-electron chi connectivity index (χ4n) is 0.867. The maximum absolute atomic E-state index is 10.3. The molecular weight excluding hydrogens is 244 g/mol. The number of anilines is 2. The SMILES string of the molecule is O=S([O-])Nc1ccc(O)c(NS(=O)[O-])c1. The third kappa shape index (κ3) is 3.83. The Morgan fingerprint density at radius 3 is 2.27 bits per heavy atom. The van der Waals surface area contributed by atoms with Crippen molar-refractivity contribution in [2.45, 2.75) is 0 Å². The first-order valence-electron chi connectivity index (χ1n) is 3.54. The molecule has 0 heterocycles. The molecule has 0 bridgehead atoms. The van der Waals surface area contributed by atoms with Crippen LogP contribution >= 0.6 is 0 Å². The van der Waals surface area contributed by atoms with Gasteiger partial charge in [-0.1, -0.05) is 0 Å². The molecule has 2 unspecified atom stereocenters. The maximum Gasteiger partial charge on any atom is 0.139 e. The summed E-state index contributed by atoms with van der Waals surface area (Å²) in [6.45, 7) is 0. The van der Waals surface area contributed by atoms with Crippen LogP contribution < -0.4 is 9.44 Å². The quantitative estimate of drug-likeness (QED) is 0.388. The van der Waals surface area contributed by atoms with Crippen LogP contribution in [0.1, 0.15) is 0 Å². The van der Waals surface area contributed by atoms with Gasteiger partial charge in [0.15, 0.2) is 0 Å². The zero-order chi connectivity index (χ0) is 11.4. The molecule has 0 radical (unpaired) electrons. The van der Waals surface area contributed by atoms with Crippen LogP contribution in [-0.4, -0.2) is 22.6 Å². The van der Waals surface area contributed by atoms with E-state index in [4.69, 9.17) is 0 Å². The monoisotopic (exact) mass is 250 g/mol. The summed E-state index contributed by atoms with van der Waals surface area (Å²) in [7, 11) is 0. The van der Waals surface area contributed by atoms with E-state index in [1.165, 1.54) is 6.07 Å².